The summed E-state index contributed by atoms with van der Waals surface area (Å²) in [7, 11) is 0. The van der Waals surface area contributed by atoms with Crippen LogP contribution in [0.4, 0.5) is 0 Å². The van der Waals surface area contributed by atoms with Gasteiger partial charge in [-0.3, -0.25) is 10.8 Å². The molecule has 0 radical (unpaired) electrons. The number of aromatic nitrogens is 1. The molecular weight excluding hydrogens is 242 g/mol. The van der Waals surface area contributed by atoms with Gasteiger partial charge in [-0.1, -0.05) is 17.7 Å². The molecular formula is C11H12ClN3S. The van der Waals surface area contributed by atoms with Crippen LogP contribution in [0, 0.1) is 6.92 Å². The highest BCUT2D eigenvalue weighted by molar-refractivity contribution is 7.10. The number of nitrogens with zero attached hydrogens (tertiary/aromatic N) is 1. The molecule has 2 aromatic heterocycles. The lowest BCUT2D eigenvalue weighted by Crippen LogP contribution is -2.28. The van der Waals surface area contributed by atoms with Gasteiger partial charge in [0.25, 0.3) is 0 Å². The Balaban J connectivity index is 2.41. The molecule has 0 aliphatic heterocycles. The number of halogens is 1. The van der Waals surface area contributed by atoms with E-state index in [1.807, 2.05) is 24.4 Å². The van der Waals surface area contributed by atoms with E-state index in [1.54, 1.807) is 23.7 Å². The molecule has 84 valence electrons. The minimum atomic E-state index is -0.0973. The largest absolute Gasteiger partial charge is 0.271 e. The van der Waals surface area contributed by atoms with Gasteiger partial charge in [0.2, 0.25) is 0 Å². The molecule has 0 aliphatic carbocycles. The third-order valence-corrected chi connectivity index (χ3v) is 4.15. The highest BCUT2D eigenvalue weighted by atomic mass is 35.5. The summed E-state index contributed by atoms with van der Waals surface area (Å²) in [6, 6.07) is 3.76. The van der Waals surface area contributed by atoms with Crippen LogP contribution < -0.4 is 11.3 Å². The van der Waals surface area contributed by atoms with Crippen LogP contribution in [0.25, 0.3) is 0 Å². The minimum Gasteiger partial charge on any atom is -0.271 e. The van der Waals surface area contributed by atoms with Gasteiger partial charge < -0.3 is 0 Å². The van der Waals surface area contributed by atoms with Crippen molar-refractivity contribution in [1.29, 1.82) is 0 Å². The Labute approximate surface area is 103 Å². The highest BCUT2D eigenvalue weighted by Gasteiger charge is 2.18. The average molecular weight is 254 g/mol. The van der Waals surface area contributed by atoms with E-state index in [1.165, 1.54) is 0 Å². The van der Waals surface area contributed by atoms with Gasteiger partial charge in [0.1, 0.15) is 0 Å². The fraction of sp³-hybridized carbons (Fsp3) is 0.182. The molecule has 0 aromatic carbocycles. The molecule has 0 spiro atoms. The fourth-order valence-corrected chi connectivity index (χ4v) is 2.90. The lowest BCUT2D eigenvalue weighted by molar-refractivity contribution is 0.644. The molecule has 1 atom stereocenters. The van der Waals surface area contributed by atoms with Crippen molar-refractivity contribution in [2.75, 3.05) is 0 Å². The van der Waals surface area contributed by atoms with Crippen molar-refractivity contribution in [3.05, 3.63) is 50.9 Å². The predicted molar refractivity (Wildman–Crippen MR) is 67.5 cm³/mol. The second kappa shape index (κ2) is 4.93. The monoisotopic (exact) mass is 253 g/mol. The standard InChI is InChI=1S/C11H12ClN3S/c1-7-6-16-11(9(7)12)10(15-13)8-3-2-4-14-5-8/h2-6,10,15H,13H2,1H3. The normalized spacial score (nSPS) is 12.7. The second-order valence-corrected chi connectivity index (χ2v) is 4.77. The summed E-state index contributed by atoms with van der Waals surface area (Å²) in [5, 5.41) is 2.80. The number of pyridine rings is 1. The van der Waals surface area contributed by atoms with Crippen molar-refractivity contribution in [3.8, 4) is 0 Å². The smallest absolute Gasteiger partial charge is 0.0832 e. The first-order valence-electron chi connectivity index (χ1n) is 4.83. The minimum absolute atomic E-state index is 0.0973. The molecule has 2 aromatic rings. The number of hydrogen-bond donors (Lipinski definition) is 2. The molecule has 5 heteroatoms. The first-order chi connectivity index (χ1) is 7.74. The van der Waals surface area contributed by atoms with E-state index in [4.69, 9.17) is 17.4 Å². The van der Waals surface area contributed by atoms with Gasteiger partial charge in [-0.15, -0.1) is 11.3 Å². The summed E-state index contributed by atoms with van der Waals surface area (Å²) >= 11 is 7.83. The first kappa shape index (κ1) is 11.5. The maximum absolute atomic E-state index is 6.23. The van der Waals surface area contributed by atoms with Crippen LogP contribution in [0.2, 0.25) is 5.02 Å². The lowest BCUT2D eigenvalue weighted by atomic mass is 10.1. The molecule has 0 aliphatic rings. The summed E-state index contributed by atoms with van der Waals surface area (Å²) in [5.41, 5.74) is 4.86. The van der Waals surface area contributed by atoms with Crippen molar-refractivity contribution in [2.24, 2.45) is 5.84 Å². The topological polar surface area (TPSA) is 50.9 Å². The zero-order valence-corrected chi connectivity index (χ0v) is 10.3. The van der Waals surface area contributed by atoms with E-state index in [-0.39, 0.29) is 6.04 Å². The van der Waals surface area contributed by atoms with Crippen LogP contribution in [0.5, 0.6) is 0 Å². The van der Waals surface area contributed by atoms with Crippen molar-refractivity contribution < 1.29 is 0 Å². The zero-order valence-electron chi connectivity index (χ0n) is 8.77. The molecule has 0 fully saturated rings. The van der Waals surface area contributed by atoms with E-state index in [2.05, 4.69) is 10.4 Å². The van der Waals surface area contributed by atoms with Gasteiger partial charge in [0.15, 0.2) is 0 Å². The van der Waals surface area contributed by atoms with Gasteiger partial charge >= 0.3 is 0 Å². The van der Waals surface area contributed by atoms with Crippen LogP contribution in [-0.2, 0) is 0 Å². The van der Waals surface area contributed by atoms with Crippen LogP contribution in [0.3, 0.4) is 0 Å². The molecule has 16 heavy (non-hydrogen) atoms. The molecule has 2 rings (SSSR count). The van der Waals surface area contributed by atoms with Crippen LogP contribution >= 0.6 is 22.9 Å². The van der Waals surface area contributed by atoms with Crippen molar-refractivity contribution in [2.45, 2.75) is 13.0 Å². The van der Waals surface area contributed by atoms with Crippen molar-refractivity contribution >= 4 is 22.9 Å². The quantitative estimate of drug-likeness (QED) is 0.653. The zero-order chi connectivity index (χ0) is 11.5. The van der Waals surface area contributed by atoms with Crippen molar-refractivity contribution in [1.82, 2.24) is 10.4 Å². The maximum atomic E-state index is 6.23. The molecule has 0 saturated heterocycles. The number of nitrogens with two attached hydrogens (primary N) is 1. The van der Waals surface area contributed by atoms with Gasteiger partial charge in [0, 0.05) is 17.3 Å². The van der Waals surface area contributed by atoms with Gasteiger partial charge in [-0.25, -0.2) is 5.43 Å². The van der Waals surface area contributed by atoms with E-state index >= 15 is 0 Å². The summed E-state index contributed by atoms with van der Waals surface area (Å²) < 4.78 is 0. The average Bonchev–Trinajstić information content (AvgIpc) is 2.64. The molecule has 1 unspecified atom stereocenters. The summed E-state index contributed by atoms with van der Waals surface area (Å²) in [4.78, 5) is 5.10. The van der Waals surface area contributed by atoms with Gasteiger partial charge in [-0.2, -0.15) is 0 Å². The van der Waals surface area contributed by atoms with E-state index in [0.717, 1.165) is 21.0 Å². The number of rotatable bonds is 3. The number of hydrogen-bond acceptors (Lipinski definition) is 4. The summed E-state index contributed by atoms with van der Waals surface area (Å²) in [6.07, 6.45) is 3.52. The predicted octanol–water partition coefficient (Wildman–Crippen LogP) is 2.66. The molecule has 0 amide bonds. The Morgan fingerprint density at radius 3 is 2.88 bits per heavy atom. The molecule has 3 nitrogen and oxygen atoms in total. The van der Waals surface area contributed by atoms with E-state index in [9.17, 15) is 0 Å². The number of nitrogens with one attached hydrogen (secondary N) is 1. The van der Waals surface area contributed by atoms with E-state index < -0.39 is 0 Å². The summed E-state index contributed by atoms with van der Waals surface area (Å²) in [5.74, 6) is 5.59. The molecule has 0 bridgehead atoms. The summed E-state index contributed by atoms with van der Waals surface area (Å²) in [6.45, 7) is 1.99. The molecule has 2 heterocycles. The Bertz CT molecular complexity index is 469. The third-order valence-electron chi connectivity index (χ3n) is 2.37. The lowest BCUT2D eigenvalue weighted by Gasteiger charge is -2.14. The number of aryl methyl sites for hydroxylation is 1. The second-order valence-electron chi connectivity index (χ2n) is 3.48. The first-order valence-corrected chi connectivity index (χ1v) is 6.09. The van der Waals surface area contributed by atoms with Gasteiger partial charge in [0.05, 0.1) is 11.1 Å². The van der Waals surface area contributed by atoms with Crippen LogP contribution in [0.15, 0.2) is 29.9 Å². The molecule has 3 N–H and O–H groups in total. The highest BCUT2D eigenvalue weighted by Crippen LogP contribution is 2.34. The Morgan fingerprint density at radius 2 is 2.38 bits per heavy atom. The maximum Gasteiger partial charge on any atom is 0.0832 e. The van der Waals surface area contributed by atoms with Gasteiger partial charge in [-0.05, 0) is 29.5 Å². The Kier molecular flexibility index (Phi) is 3.56. The Hall–Kier alpha value is -0.940. The molecule has 0 saturated carbocycles. The Morgan fingerprint density at radius 1 is 1.56 bits per heavy atom. The number of hydrazine groups is 1. The van der Waals surface area contributed by atoms with Crippen molar-refractivity contribution in [3.63, 3.8) is 0 Å². The van der Waals surface area contributed by atoms with E-state index in [0.29, 0.717) is 0 Å². The third kappa shape index (κ3) is 2.10. The van der Waals surface area contributed by atoms with Crippen LogP contribution in [-0.4, -0.2) is 4.98 Å². The van der Waals surface area contributed by atoms with Crippen LogP contribution in [0.1, 0.15) is 22.0 Å². The SMILES string of the molecule is Cc1csc(C(NN)c2cccnc2)c1Cl. The number of thiophene rings is 1. The fourth-order valence-electron chi connectivity index (χ4n) is 1.51.